The SMILES string of the molecule is CCc1ccc(OC[C@H]2c3cc(OC)c(OC)cc3CCN2C(C)=O)cc1. The lowest BCUT2D eigenvalue weighted by molar-refractivity contribution is -0.132. The lowest BCUT2D eigenvalue weighted by atomic mass is 9.92. The molecule has 5 nitrogen and oxygen atoms in total. The Morgan fingerprint density at radius 2 is 1.78 bits per heavy atom. The van der Waals surface area contributed by atoms with Crippen LogP contribution in [0, 0.1) is 0 Å². The highest BCUT2D eigenvalue weighted by Gasteiger charge is 2.31. The van der Waals surface area contributed by atoms with E-state index in [4.69, 9.17) is 14.2 Å². The van der Waals surface area contributed by atoms with Crippen LogP contribution in [0.4, 0.5) is 0 Å². The summed E-state index contributed by atoms with van der Waals surface area (Å²) < 4.78 is 16.9. The van der Waals surface area contributed by atoms with Crippen molar-refractivity contribution in [3.8, 4) is 17.2 Å². The van der Waals surface area contributed by atoms with Gasteiger partial charge in [-0.25, -0.2) is 0 Å². The van der Waals surface area contributed by atoms with E-state index < -0.39 is 0 Å². The third kappa shape index (κ3) is 4.02. The topological polar surface area (TPSA) is 48.0 Å². The smallest absolute Gasteiger partial charge is 0.220 e. The van der Waals surface area contributed by atoms with E-state index in [1.165, 1.54) is 11.1 Å². The van der Waals surface area contributed by atoms with Crippen molar-refractivity contribution in [2.45, 2.75) is 32.7 Å². The molecule has 0 N–H and O–H groups in total. The van der Waals surface area contributed by atoms with Crippen molar-refractivity contribution in [1.29, 1.82) is 0 Å². The maximum atomic E-state index is 12.2. The van der Waals surface area contributed by atoms with Gasteiger partial charge in [-0.2, -0.15) is 0 Å². The largest absolute Gasteiger partial charge is 0.493 e. The van der Waals surface area contributed by atoms with Crippen molar-refractivity contribution in [3.05, 3.63) is 53.1 Å². The average molecular weight is 369 g/mol. The summed E-state index contributed by atoms with van der Waals surface area (Å²) in [6.45, 7) is 4.80. The molecule has 0 bridgehead atoms. The summed E-state index contributed by atoms with van der Waals surface area (Å²) in [5, 5.41) is 0. The Kier molecular flexibility index (Phi) is 5.89. The highest BCUT2D eigenvalue weighted by atomic mass is 16.5. The normalized spacial score (nSPS) is 15.9. The highest BCUT2D eigenvalue weighted by Crippen LogP contribution is 2.38. The summed E-state index contributed by atoms with van der Waals surface area (Å²) in [4.78, 5) is 14.1. The number of hydrogen-bond donors (Lipinski definition) is 0. The minimum atomic E-state index is -0.156. The molecule has 27 heavy (non-hydrogen) atoms. The van der Waals surface area contributed by atoms with Gasteiger partial charge in [0.2, 0.25) is 5.91 Å². The van der Waals surface area contributed by atoms with Gasteiger partial charge in [0.1, 0.15) is 12.4 Å². The van der Waals surface area contributed by atoms with Gasteiger partial charge in [0, 0.05) is 13.5 Å². The van der Waals surface area contributed by atoms with Crippen LogP contribution in [0.15, 0.2) is 36.4 Å². The van der Waals surface area contributed by atoms with Gasteiger partial charge in [-0.3, -0.25) is 4.79 Å². The van der Waals surface area contributed by atoms with Crippen LogP contribution >= 0.6 is 0 Å². The molecular weight excluding hydrogens is 342 g/mol. The summed E-state index contributed by atoms with van der Waals surface area (Å²) in [6, 6.07) is 11.9. The molecule has 3 rings (SSSR count). The first-order valence-electron chi connectivity index (χ1n) is 9.31. The number of carbonyl (C=O) groups excluding carboxylic acids is 1. The van der Waals surface area contributed by atoms with Crippen LogP contribution in [0.1, 0.15) is 36.6 Å². The van der Waals surface area contributed by atoms with Gasteiger partial charge in [-0.1, -0.05) is 19.1 Å². The fourth-order valence-corrected chi connectivity index (χ4v) is 3.58. The molecule has 5 heteroatoms. The first-order chi connectivity index (χ1) is 13.1. The molecule has 1 aliphatic heterocycles. The van der Waals surface area contributed by atoms with E-state index in [-0.39, 0.29) is 11.9 Å². The summed E-state index contributed by atoms with van der Waals surface area (Å²) in [7, 11) is 3.26. The number of methoxy groups -OCH3 is 2. The first-order valence-corrected chi connectivity index (χ1v) is 9.31. The van der Waals surface area contributed by atoms with E-state index in [0.29, 0.717) is 24.7 Å². The molecule has 2 aromatic carbocycles. The van der Waals surface area contributed by atoms with Gasteiger partial charge >= 0.3 is 0 Å². The highest BCUT2D eigenvalue weighted by molar-refractivity contribution is 5.74. The summed E-state index contributed by atoms with van der Waals surface area (Å²) in [6.07, 6.45) is 1.78. The first kappa shape index (κ1) is 19.1. The Morgan fingerprint density at radius 3 is 2.37 bits per heavy atom. The Morgan fingerprint density at radius 1 is 1.11 bits per heavy atom. The van der Waals surface area contributed by atoms with Crippen LogP contribution in [0.3, 0.4) is 0 Å². The van der Waals surface area contributed by atoms with Crippen LogP contribution in [-0.2, 0) is 17.6 Å². The summed E-state index contributed by atoms with van der Waals surface area (Å²) >= 11 is 0. The van der Waals surface area contributed by atoms with Gasteiger partial charge in [0.25, 0.3) is 0 Å². The van der Waals surface area contributed by atoms with Crippen molar-refractivity contribution in [2.75, 3.05) is 27.4 Å². The van der Waals surface area contributed by atoms with Crippen LogP contribution in [0.2, 0.25) is 0 Å². The summed E-state index contributed by atoms with van der Waals surface area (Å²) in [5.74, 6) is 2.23. The maximum absolute atomic E-state index is 12.2. The monoisotopic (exact) mass is 369 g/mol. The van der Waals surface area contributed by atoms with E-state index in [2.05, 4.69) is 19.1 Å². The Bertz CT molecular complexity index is 801. The second kappa shape index (κ2) is 8.33. The Hall–Kier alpha value is -2.69. The zero-order valence-corrected chi connectivity index (χ0v) is 16.5. The number of benzene rings is 2. The lowest BCUT2D eigenvalue weighted by Gasteiger charge is -2.37. The quantitative estimate of drug-likeness (QED) is 0.777. The van der Waals surface area contributed by atoms with E-state index in [1.807, 2.05) is 29.2 Å². The zero-order valence-electron chi connectivity index (χ0n) is 16.5. The molecule has 0 aromatic heterocycles. The number of aryl methyl sites for hydroxylation is 1. The fourth-order valence-electron chi connectivity index (χ4n) is 3.58. The number of carbonyl (C=O) groups is 1. The average Bonchev–Trinajstić information content (AvgIpc) is 2.70. The minimum Gasteiger partial charge on any atom is -0.493 e. The van der Waals surface area contributed by atoms with Crippen molar-refractivity contribution in [2.24, 2.45) is 0 Å². The van der Waals surface area contributed by atoms with Crippen LogP contribution in [0.5, 0.6) is 17.2 Å². The Balaban J connectivity index is 1.89. The van der Waals surface area contributed by atoms with Gasteiger partial charge in [-0.05, 0) is 53.8 Å². The van der Waals surface area contributed by atoms with E-state index in [0.717, 1.165) is 24.2 Å². The molecule has 0 fully saturated rings. The minimum absolute atomic E-state index is 0.0466. The van der Waals surface area contributed by atoms with Crippen molar-refractivity contribution in [1.82, 2.24) is 4.90 Å². The lowest BCUT2D eigenvalue weighted by Crippen LogP contribution is -2.41. The van der Waals surface area contributed by atoms with Gasteiger partial charge in [0.15, 0.2) is 11.5 Å². The molecule has 0 saturated heterocycles. The van der Waals surface area contributed by atoms with Crippen LogP contribution in [0.25, 0.3) is 0 Å². The van der Waals surface area contributed by atoms with E-state index >= 15 is 0 Å². The molecule has 2 aromatic rings. The van der Waals surface area contributed by atoms with Gasteiger partial charge < -0.3 is 19.1 Å². The third-order valence-corrected chi connectivity index (χ3v) is 5.15. The van der Waals surface area contributed by atoms with Gasteiger partial charge in [0.05, 0.1) is 20.3 Å². The predicted molar refractivity (Wildman–Crippen MR) is 105 cm³/mol. The van der Waals surface area contributed by atoms with Crippen molar-refractivity contribution in [3.63, 3.8) is 0 Å². The van der Waals surface area contributed by atoms with Crippen molar-refractivity contribution >= 4 is 5.91 Å². The van der Waals surface area contributed by atoms with E-state index in [1.54, 1.807) is 21.1 Å². The molecule has 0 unspecified atom stereocenters. The number of nitrogens with zero attached hydrogens (tertiary/aromatic N) is 1. The zero-order chi connectivity index (χ0) is 19.4. The number of fused-ring (bicyclic) bond motifs is 1. The maximum Gasteiger partial charge on any atom is 0.220 e. The molecule has 1 amide bonds. The molecular formula is C22H27NO4. The third-order valence-electron chi connectivity index (χ3n) is 5.15. The molecule has 1 aliphatic rings. The number of amides is 1. The number of hydrogen-bond acceptors (Lipinski definition) is 4. The molecule has 0 aliphatic carbocycles. The van der Waals surface area contributed by atoms with Crippen LogP contribution < -0.4 is 14.2 Å². The van der Waals surface area contributed by atoms with Gasteiger partial charge in [-0.15, -0.1) is 0 Å². The molecule has 1 heterocycles. The fraction of sp³-hybridized carbons (Fsp3) is 0.409. The molecule has 0 radical (unpaired) electrons. The van der Waals surface area contributed by atoms with Crippen LogP contribution in [-0.4, -0.2) is 38.2 Å². The predicted octanol–water partition coefficient (Wildman–Crippen LogP) is 3.79. The van der Waals surface area contributed by atoms with E-state index in [9.17, 15) is 4.79 Å². The number of ether oxygens (including phenoxy) is 3. The second-order valence-corrected chi connectivity index (χ2v) is 6.69. The summed E-state index contributed by atoms with van der Waals surface area (Å²) in [5.41, 5.74) is 3.49. The molecule has 0 spiro atoms. The molecule has 1 atom stereocenters. The molecule has 144 valence electrons. The van der Waals surface area contributed by atoms with Crippen molar-refractivity contribution < 1.29 is 19.0 Å². The Labute approximate surface area is 160 Å². The number of rotatable bonds is 6. The standard InChI is InChI=1S/C22H27NO4/c1-5-16-6-8-18(9-7-16)27-14-20-19-13-22(26-4)21(25-3)12-17(19)10-11-23(20)15(2)24/h6-9,12-13,20H,5,10-11,14H2,1-4H3/t20-/m0/s1. The molecule has 0 saturated carbocycles. The second-order valence-electron chi connectivity index (χ2n) is 6.69.